The summed E-state index contributed by atoms with van der Waals surface area (Å²) in [6.07, 6.45) is 2.63. The molecule has 5 aromatic rings. The monoisotopic (exact) mass is 587 g/mol. The van der Waals surface area contributed by atoms with Crippen molar-refractivity contribution in [3.05, 3.63) is 94.6 Å². The van der Waals surface area contributed by atoms with Crippen LogP contribution in [-0.4, -0.2) is 53.3 Å². The van der Waals surface area contributed by atoms with Gasteiger partial charge in [0, 0.05) is 19.2 Å². The van der Waals surface area contributed by atoms with E-state index in [2.05, 4.69) is 24.9 Å². The molecule has 216 valence electrons. The first kappa shape index (κ1) is 27.7. The molecule has 0 radical (unpaired) electrons. The molecule has 1 aliphatic heterocycles. The third-order valence-corrected chi connectivity index (χ3v) is 6.82. The molecule has 4 aromatic heterocycles. The third-order valence-electron chi connectivity index (χ3n) is 6.82. The molecule has 0 spiro atoms. The number of carbonyl (C=O) groups is 1. The van der Waals surface area contributed by atoms with Crippen LogP contribution in [0.1, 0.15) is 39.6 Å². The van der Waals surface area contributed by atoms with Crippen LogP contribution in [0.2, 0.25) is 0 Å². The van der Waals surface area contributed by atoms with Crippen molar-refractivity contribution in [2.24, 2.45) is 0 Å². The molecule has 1 aromatic carbocycles. The summed E-state index contributed by atoms with van der Waals surface area (Å²) in [7, 11) is 0. The molecule has 0 aliphatic carbocycles. The number of halogens is 3. The van der Waals surface area contributed by atoms with Crippen molar-refractivity contribution >= 4 is 17.1 Å². The van der Waals surface area contributed by atoms with Gasteiger partial charge in [0.2, 0.25) is 5.82 Å². The number of aromatic nitrogens is 6. The van der Waals surface area contributed by atoms with Gasteiger partial charge in [-0.3, -0.25) is 4.98 Å². The van der Waals surface area contributed by atoms with E-state index in [1.807, 2.05) is 6.07 Å². The van der Waals surface area contributed by atoms with Crippen molar-refractivity contribution in [1.82, 2.24) is 29.5 Å². The zero-order valence-electron chi connectivity index (χ0n) is 22.2. The minimum absolute atomic E-state index is 0.0312. The SMILES string of the molecule is N#Cc1ccc(COc2nc(-c3cc(F)c(Cc4nc5ccc(C(=O)O)nc5n4CC4CCO4)cc3F)ncc2F)nc1. The van der Waals surface area contributed by atoms with E-state index in [0.717, 1.165) is 24.8 Å². The maximum Gasteiger partial charge on any atom is 0.354 e. The Bertz CT molecular complexity index is 1900. The number of carboxylic acid groups (broad SMARTS) is 1. The van der Waals surface area contributed by atoms with Gasteiger partial charge in [0.05, 0.1) is 35.7 Å². The summed E-state index contributed by atoms with van der Waals surface area (Å²) in [5, 5.41) is 18.3. The zero-order chi connectivity index (χ0) is 30.1. The fourth-order valence-electron chi connectivity index (χ4n) is 4.49. The van der Waals surface area contributed by atoms with Crippen LogP contribution in [0.5, 0.6) is 5.88 Å². The first-order chi connectivity index (χ1) is 20.8. The Kier molecular flexibility index (Phi) is 7.39. The largest absolute Gasteiger partial charge is 0.477 e. The molecule has 1 atom stereocenters. The highest BCUT2D eigenvalue weighted by Gasteiger charge is 2.24. The Morgan fingerprint density at radius 3 is 2.60 bits per heavy atom. The second-order valence-electron chi connectivity index (χ2n) is 9.65. The standard InChI is InChI=1S/C29H20F3N7O4/c30-20-9-19(26-35-12-22(32)28(38-26)43-14-17-2-1-15(10-33)11-34-17)21(31)7-16(20)8-25-36-23-3-4-24(29(40)41)37-27(23)39(25)13-18-5-6-42-18/h1-4,7,9,11-12,18H,5-6,8,13-14H2,(H,40,41). The number of nitriles is 1. The molecule has 1 aliphatic rings. The number of fused-ring (bicyclic) bond motifs is 1. The van der Waals surface area contributed by atoms with Gasteiger partial charge < -0.3 is 19.1 Å². The van der Waals surface area contributed by atoms with Gasteiger partial charge in [0.25, 0.3) is 5.88 Å². The summed E-state index contributed by atoms with van der Waals surface area (Å²) in [4.78, 5) is 32.0. The van der Waals surface area contributed by atoms with E-state index in [9.17, 15) is 14.3 Å². The summed E-state index contributed by atoms with van der Waals surface area (Å²) in [5.74, 6) is -4.21. The zero-order valence-corrected chi connectivity index (χ0v) is 22.2. The van der Waals surface area contributed by atoms with Crippen LogP contribution in [0.4, 0.5) is 13.2 Å². The van der Waals surface area contributed by atoms with Crippen LogP contribution in [0, 0.1) is 28.8 Å². The van der Waals surface area contributed by atoms with Gasteiger partial charge in [-0.25, -0.2) is 28.5 Å². The smallest absolute Gasteiger partial charge is 0.354 e. The average molecular weight is 588 g/mol. The van der Waals surface area contributed by atoms with Gasteiger partial charge in [-0.05, 0) is 48.4 Å². The fraction of sp³-hybridized carbons (Fsp3) is 0.207. The van der Waals surface area contributed by atoms with Crippen molar-refractivity contribution in [1.29, 1.82) is 5.26 Å². The molecule has 0 saturated carbocycles. The Morgan fingerprint density at radius 2 is 1.91 bits per heavy atom. The summed E-state index contributed by atoms with van der Waals surface area (Å²) in [6, 6.07) is 9.71. The van der Waals surface area contributed by atoms with Gasteiger partial charge >= 0.3 is 5.97 Å². The Hall–Kier alpha value is -5.42. The molecule has 1 unspecified atom stereocenters. The normalized spacial score (nSPS) is 14.3. The molecule has 0 amide bonds. The molecule has 0 bridgehead atoms. The van der Waals surface area contributed by atoms with Gasteiger partial charge in [0.15, 0.2) is 17.2 Å². The number of hydrogen-bond acceptors (Lipinski definition) is 9. The Balaban J connectivity index is 1.28. The van der Waals surface area contributed by atoms with E-state index in [0.29, 0.717) is 41.4 Å². The van der Waals surface area contributed by atoms with Crippen molar-refractivity contribution in [2.75, 3.05) is 6.61 Å². The number of imidazole rings is 1. The molecular formula is C29H20F3N7O4. The van der Waals surface area contributed by atoms with Gasteiger partial charge in [-0.2, -0.15) is 14.6 Å². The van der Waals surface area contributed by atoms with Gasteiger partial charge in [-0.1, -0.05) is 0 Å². The fourth-order valence-corrected chi connectivity index (χ4v) is 4.49. The van der Waals surface area contributed by atoms with E-state index in [4.69, 9.17) is 14.7 Å². The summed E-state index contributed by atoms with van der Waals surface area (Å²) in [6.45, 7) is 0.713. The third kappa shape index (κ3) is 5.70. The van der Waals surface area contributed by atoms with Gasteiger partial charge in [0.1, 0.15) is 35.7 Å². The minimum Gasteiger partial charge on any atom is -0.477 e. The van der Waals surface area contributed by atoms with Crippen LogP contribution in [-0.2, 0) is 24.3 Å². The van der Waals surface area contributed by atoms with Crippen LogP contribution in [0.25, 0.3) is 22.6 Å². The van der Waals surface area contributed by atoms with Crippen LogP contribution in [0.15, 0.2) is 48.8 Å². The van der Waals surface area contributed by atoms with E-state index < -0.39 is 29.3 Å². The maximum atomic E-state index is 15.4. The number of aromatic carboxylic acids is 1. The highest BCUT2D eigenvalue weighted by Crippen LogP contribution is 2.28. The van der Waals surface area contributed by atoms with Crippen LogP contribution < -0.4 is 4.74 Å². The van der Waals surface area contributed by atoms with E-state index in [1.165, 1.54) is 30.5 Å². The van der Waals surface area contributed by atoms with Crippen molar-refractivity contribution in [2.45, 2.75) is 32.1 Å². The number of ether oxygens (including phenoxy) is 2. The number of carboxylic acids is 1. The lowest BCUT2D eigenvalue weighted by atomic mass is 10.1. The van der Waals surface area contributed by atoms with Crippen molar-refractivity contribution in [3.8, 4) is 23.3 Å². The number of pyridine rings is 2. The van der Waals surface area contributed by atoms with Crippen molar-refractivity contribution < 1.29 is 32.5 Å². The van der Waals surface area contributed by atoms with Crippen LogP contribution in [0.3, 0.4) is 0 Å². The van der Waals surface area contributed by atoms with E-state index in [1.54, 1.807) is 4.57 Å². The lowest BCUT2D eigenvalue weighted by Gasteiger charge is -2.27. The van der Waals surface area contributed by atoms with E-state index >= 15 is 8.78 Å². The highest BCUT2D eigenvalue weighted by molar-refractivity contribution is 5.88. The van der Waals surface area contributed by atoms with Gasteiger partial charge in [-0.15, -0.1) is 0 Å². The Labute approximate surface area is 241 Å². The molecule has 1 N–H and O–H groups in total. The second-order valence-corrected chi connectivity index (χ2v) is 9.65. The summed E-state index contributed by atoms with van der Waals surface area (Å²) in [5.41, 5.74) is 0.917. The number of hydrogen-bond donors (Lipinski definition) is 1. The maximum absolute atomic E-state index is 15.4. The first-order valence-electron chi connectivity index (χ1n) is 13.0. The number of rotatable bonds is 9. The minimum atomic E-state index is -1.21. The number of nitrogens with zero attached hydrogens (tertiary/aromatic N) is 7. The Morgan fingerprint density at radius 1 is 1.07 bits per heavy atom. The first-order valence-corrected chi connectivity index (χ1v) is 13.0. The molecule has 14 heteroatoms. The molecule has 6 rings (SSSR count). The number of benzene rings is 1. The van der Waals surface area contributed by atoms with E-state index in [-0.39, 0.29) is 41.8 Å². The lowest BCUT2D eigenvalue weighted by Crippen LogP contribution is -2.32. The molecular weight excluding hydrogens is 567 g/mol. The summed E-state index contributed by atoms with van der Waals surface area (Å²) >= 11 is 0. The highest BCUT2D eigenvalue weighted by atomic mass is 19.1. The topological polar surface area (TPSA) is 149 Å². The predicted octanol–water partition coefficient (Wildman–Crippen LogP) is 4.23. The second kappa shape index (κ2) is 11.5. The quantitative estimate of drug-likeness (QED) is 0.266. The van der Waals surface area contributed by atoms with Crippen molar-refractivity contribution in [3.63, 3.8) is 0 Å². The lowest BCUT2D eigenvalue weighted by molar-refractivity contribution is -0.0590. The average Bonchev–Trinajstić information content (AvgIpc) is 3.32. The van der Waals surface area contributed by atoms with Crippen LogP contribution >= 0.6 is 0 Å². The molecule has 1 saturated heterocycles. The predicted molar refractivity (Wildman–Crippen MR) is 142 cm³/mol. The molecule has 1 fully saturated rings. The molecule has 5 heterocycles. The molecule has 43 heavy (non-hydrogen) atoms. The summed E-state index contributed by atoms with van der Waals surface area (Å²) < 4.78 is 57.7. The molecule has 11 nitrogen and oxygen atoms in total.